The van der Waals surface area contributed by atoms with E-state index in [1.807, 2.05) is 26.1 Å². The van der Waals surface area contributed by atoms with Crippen LogP contribution in [0.5, 0.6) is 0 Å². The largest absolute Gasteiger partial charge is 0.256 e. The molecule has 1 rings (SSSR count). The van der Waals surface area contributed by atoms with Gasteiger partial charge in [0, 0.05) is 17.9 Å². The summed E-state index contributed by atoms with van der Waals surface area (Å²) in [5.74, 6) is 0. The fourth-order valence-electron chi connectivity index (χ4n) is 0.998. The summed E-state index contributed by atoms with van der Waals surface area (Å²) in [6, 6.07) is 0. The first-order valence-corrected chi connectivity index (χ1v) is 5.08. The van der Waals surface area contributed by atoms with Crippen molar-refractivity contribution in [3.8, 4) is 0 Å². The lowest BCUT2D eigenvalue weighted by atomic mass is 10.2. The van der Waals surface area contributed by atoms with Crippen LogP contribution in [-0.4, -0.2) is 15.1 Å². The monoisotopic (exact) mass is 248 g/mol. The standard InChI is InChI=1S/C8H10BrClN2/c1-6-7(4-3-5-9)8(10)12(2)11-6/h3-4H,5H2,1-2H3. The Morgan fingerprint density at radius 2 is 2.33 bits per heavy atom. The van der Waals surface area contributed by atoms with E-state index in [9.17, 15) is 0 Å². The molecule has 0 N–H and O–H groups in total. The molecule has 0 fully saturated rings. The molecule has 1 aromatic rings. The third-order valence-electron chi connectivity index (χ3n) is 1.57. The number of rotatable bonds is 2. The van der Waals surface area contributed by atoms with E-state index in [-0.39, 0.29) is 0 Å². The van der Waals surface area contributed by atoms with E-state index in [0.29, 0.717) is 5.15 Å². The molecule has 0 atom stereocenters. The van der Waals surface area contributed by atoms with Crippen molar-refractivity contribution in [3.05, 3.63) is 22.5 Å². The smallest absolute Gasteiger partial charge is 0.134 e. The number of hydrogen-bond acceptors (Lipinski definition) is 1. The summed E-state index contributed by atoms with van der Waals surface area (Å²) < 4.78 is 1.67. The van der Waals surface area contributed by atoms with Gasteiger partial charge in [-0.1, -0.05) is 39.7 Å². The predicted octanol–water partition coefficient (Wildman–Crippen LogP) is 2.79. The maximum absolute atomic E-state index is 5.98. The molecule has 1 aromatic heterocycles. The van der Waals surface area contributed by atoms with E-state index < -0.39 is 0 Å². The second kappa shape index (κ2) is 4.10. The Morgan fingerprint density at radius 3 is 2.75 bits per heavy atom. The first kappa shape index (κ1) is 9.81. The number of halogens is 2. The average molecular weight is 250 g/mol. The van der Waals surface area contributed by atoms with E-state index in [0.717, 1.165) is 16.6 Å². The summed E-state index contributed by atoms with van der Waals surface area (Å²) in [5, 5.41) is 5.70. The Labute approximate surface area is 85.3 Å². The van der Waals surface area contributed by atoms with Crippen molar-refractivity contribution >= 4 is 33.6 Å². The van der Waals surface area contributed by atoms with E-state index >= 15 is 0 Å². The van der Waals surface area contributed by atoms with Crippen LogP contribution in [0, 0.1) is 6.92 Å². The van der Waals surface area contributed by atoms with Gasteiger partial charge in [0.05, 0.1) is 5.69 Å². The highest BCUT2D eigenvalue weighted by molar-refractivity contribution is 9.09. The highest BCUT2D eigenvalue weighted by atomic mass is 79.9. The third-order valence-corrected chi connectivity index (χ3v) is 2.39. The summed E-state index contributed by atoms with van der Waals surface area (Å²) in [5.41, 5.74) is 1.96. The molecule has 0 aromatic carbocycles. The first-order valence-electron chi connectivity index (χ1n) is 3.58. The van der Waals surface area contributed by atoms with Gasteiger partial charge >= 0.3 is 0 Å². The van der Waals surface area contributed by atoms with Gasteiger partial charge in [0.25, 0.3) is 0 Å². The van der Waals surface area contributed by atoms with Crippen LogP contribution in [0.2, 0.25) is 5.15 Å². The average Bonchev–Trinajstić information content (AvgIpc) is 2.25. The van der Waals surface area contributed by atoms with Crippen molar-refractivity contribution in [2.24, 2.45) is 7.05 Å². The summed E-state index contributed by atoms with van der Waals surface area (Å²) in [6.07, 6.45) is 3.97. The predicted molar refractivity (Wildman–Crippen MR) is 55.8 cm³/mol. The minimum atomic E-state index is 0.685. The summed E-state index contributed by atoms with van der Waals surface area (Å²) >= 11 is 9.29. The van der Waals surface area contributed by atoms with Crippen molar-refractivity contribution < 1.29 is 0 Å². The molecule has 0 amide bonds. The molecule has 4 heteroatoms. The molecular weight excluding hydrogens is 239 g/mol. The van der Waals surface area contributed by atoms with Crippen molar-refractivity contribution in [1.29, 1.82) is 0 Å². The Bertz CT molecular complexity index is 304. The van der Waals surface area contributed by atoms with Crippen molar-refractivity contribution in [2.75, 3.05) is 5.33 Å². The van der Waals surface area contributed by atoms with Crippen LogP contribution in [0.15, 0.2) is 6.08 Å². The fourth-order valence-corrected chi connectivity index (χ4v) is 1.42. The Balaban J connectivity index is 3.05. The topological polar surface area (TPSA) is 17.8 Å². The van der Waals surface area contributed by atoms with Crippen LogP contribution in [0.1, 0.15) is 11.3 Å². The van der Waals surface area contributed by atoms with Gasteiger partial charge in [0.15, 0.2) is 0 Å². The van der Waals surface area contributed by atoms with Gasteiger partial charge in [-0.05, 0) is 6.92 Å². The number of hydrogen-bond donors (Lipinski definition) is 0. The molecule has 0 radical (unpaired) electrons. The van der Waals surface area contributed by atoms with Gasteiger partial charge in [0.2, 0.25) is 0 Å². The van der Waals surface area contributed by atoms with Gasteiger partial charge in [-0.15, -0.1) is 0 Å². The zero-order chi connectivity index (χ0) is 9.14. The molecule has 0 saturated heterocycles. The van der Waals surface area contributed by atoms with Crippen LogP contribution in [-0.2, 0) is 7.05 Å². The third kappa shape index (κ3) is 1.90. The van der Waals surface area contributed by atoms with Gasteiger partial charge in [-0.3, -0.25) is 4.68 Å². The number of aryl methyl sites for hydroxylation is 2. The van der Waals surface area contributed by atoms with Crippen molar-refractivity contribution in [1.82, 2.24) is 9.78 Å². The lowest BCUT2D eigenvalue weighted by molar-refractivity contribution is 0.757. The van der Waals surface area contributed by atoms with Crippen LogP contribution < -0.4 is 0 Å². The van der Waals surface area contributed by atoms with Crippen LogP contribution in [0.3, 0.4) is 0 Å². The molecule has 12 heavy (non-hydrogen) atoms. The van der Waals surface area contributed by atoms with Gasteiger partial charge < -0.3 is 0 Å². The molecule has 0 bridgehead atoms. The highest BCUT2D eigenvalue weighted by Gasteiger charge is 2.06. The number of nitrogens with zero attached hydrogens (tertiary/aromatic N) is 2. The molecule has 0 spiro atoms. The molecular formula is C8H10BrClN2. The highest BCUT2D eigenvalue weighted by Crippen LogP contribution is 2.19. The first-order chi connectivity index (χ1) is 5.66. The number of aromatic nitrogens is 2. The molecule has 0 unspecified atom stereocenters. The van der Waals surface area contributed by atoms with Crippen LogP contribution >= 0.6 is 27.5 Å². The fraction of sp³-hybridized carbons (Fsp3) is 0.375. The van der Waals surface area contributed by atoms with E-state index in [2.05, 4.69) is 21.0 Å². The normalized spacial score (nSPS) is 11.3. The summed E-state index contributed by atoms with van der Waals surface area (Å²) in [4.78, 5) is 0. The van der Waals surface area contributed by atoms with E-state index in [4.69, 9.17) is 11.6 Å². The second-order valence-corrected chi connectivity index (χ2v) is 3.48. The zero-order valence-electron chi connectivity index (χ0n) is 7.01. The molecule has 1 heterocycles. The Hall–Kier alpha value is -0.280. The Kier molecular flexibility index (Phi) is 3.35. The second-order valence-electron chi connectivity index (χ2n) is 2.47. The maximum Gasteiger partial charge on any atom is 0.134 e. The number of allylic oxidation sites excluding steroid dienone is 1. The van der Waals surface area contributed by atoms with Gasteiger partial charge in [-0.25, -0.2) is 0 Å². The van der Waals surface area contributed by atoms with Crippen LogP contribution in [0.25, 0.3) is 6.08 Å². The Morgan fingerprint density at radius 1 is 1.67 bits per heavy atom. The summed E-state index contributed by atoms with van der Waals surface area (Å²) in [6.45, 7) is 1.94. The molecule has 66 valence electrons. The van der Waals surface area contributed by atoms with E-state index in [1.165, 1.54) is 0 Å². The molecule has 0 aliphatic rings. The maximum atomic E-state index is 5.98. The zero-order valence-corrected chi connectivity index (χ0v) is 9.35. The molecule has 0 aliphatic heterocycles. The van der Waals surface area contributed by atoms with Gasteiger partial charge in [0.1, 0.15) is 5.15 Å². The minimum Gasteiger partial charge on any atom is -0.256 e. The van der Waals surface area contributed by atoms with Gasteiger partial charge in [-0.2, -0.15) is 5.10 Å². The molecule has 0 aliphatic carbocycles. The molecule has 2 nitrogen and oxygen atoms in total. The quantitative estimate of drug-likeness (QED) is 0.737. The SMILES string of the molecule is Cc1nn(C)c(Cl)c1C=CCBr. The molecule has 0 saturated carbocycles. The number of alkyl halides is 1. The van der Waals surface area contributed by atoms with Crippen LogP contribution in [0.4, 0.5) is 0 Å². The lowest BCUT2D eigenvalue weighted by Gasteiger charge is -1.90. The summed E-state index contributed by atoms with van der Waals surface area (Å²) in [7, 11) is 1.83. The van der Waals surface area contributed by atoms with Crippen molar-refractivity contribution in [3.63, 3.8) is 0 Å². The minimum absolute atomic E-state index is 0.685. The van der Waals surface area contributed by atoms with Crippen molar-refractivity contribution in [2.45, 2.75) is 6.92 Å². The van der Waals surface area contributed by atoms with E-state index in [1.54, 1.807) is 4.68 Å². The lowest BCUT2D eigenvalue weighted by Crippen LogP contribution is -1.88.